The molecule has 7 aromatic rings. The van der Waals surface area contributed by atoms with Crippen molar-refractivity contribution in [3.05, 3.63) is 106 Å². The van der Waals surface area contributed by atoms with E-state index in [0.29, 0.717) is 0 Å². The molecule has 7 rings (SSSR count). The second-order valence-corrected chi connectivity index (χ2v) is 13.1. The van der Waals surface area contributed by atoms with Crippen molar-refractivity contribution in [2.24, 2.45) is 0 Å². The molecule has 2 heterocycles. The van der Waals surface area contributed by atoms with Crippen molar-refractivity contribution in [3.63, 3.8) is 0 Å². The minimum absolute atomic E-state index is 0.990. The van der Waals surface area contributed by atoms with Crippen LogP contribution in [0.25, 0.3) is 65.9 Å². The third kappa shape index (κ3) is 4.42. The fourth-order valence-corrected chi connectivity index (χ4v) is 7.29. The predicted octanol–water partition coefficient (Wildman–Crippen LogP) is 12.4. The molecule has 2 nitrogen and oxygen atoms in total. The summed E-state index contributed by atoms with van der Waals surface area (Å²) in [6.45, 7) is 6.56. The first-order valence-electron chi connectivity index (χ1n) is 15.1. The maximum Gasteiger partial charge on any atom is 0.0585 e. The summed E-state index contributed by atoms with van der Waals surface area (Å²) in [6.07, 6.45) is 4.58. The smallest absolute Gasteiger partial charge is 0.0585 e. The number of hydrogen-bond donors (Lipinski definition) is 0. The zero-order chi connectivity index (χ0) is 28.8. The van der Waals surface area contributed by atoms with E-state index >= 15 is 0 Å². The van der Waals surface area contributed by atoms with Crippen LogP contribution in [0.2, 0.25) is 0 Å². The summed E-state index contributed by atoms with van der Waals surface area (Å²) < 4.78 is 7.43. The van der Waals surface area contributed by atoms with Gasteiger partial charge in [-0.05, 0) is 60.4 Å². The van der Waals surface area contributed by atoms with Gasteiger partial charge in [-0.15, -0.1) is 0 Å². The number of hydrogen-bond acceptors (Lipinski definition) is 0. The van der Waals surface area contributed by atoms with Gasteiger partial charge in [0.1, 0.15) is 0 Å². The number of aromatic nitrogens is 2. The van der Waals surface area contributed by atoms with Gasteiger partial charge in [-0.25, -0.2) is 0 Å². The van der Waals surface area contributed by atoms with Crippen molar-refractivity contribution in [1.82, 2.24) is 9.13 Å². The summed E-state index contributed by atoms with van der Waals surface area (Å²) in [4.78, 5) is 0. The molecule has 0 unspecified atom stereocenters. The van der Waals surface area contributed by atoms with E-state index in [1.165, 1.54) is 65.9 Å². The SMILES string of the molecule is CCCCn1c2ccccc2c2c(-c3ccc(Br)cc3)c3c(c(-c4ccc(Br)cc4)c21)c1ccccc1n3CCCC. The van der Waals surface area contributed by atoms with Gasteiger partial charge in [-0.3, -0.25) is 0 Å². The molecule has 0 aliphatic carbocycles. The number of nitrogens with zero attached hydrogens (tertiary/aromatic N) is 2. The van der Waals surface area contributed by atoms with Crippen LogP contribution >= 0.6 is 31.9 Å². The summed E-state index contributed by atoms with van der Waals surface area (Å²) in [5.74, 6) is 0. The number of para-hydroxylation sites is 2. The first-order chi connectivity index (χ1) is 20.6. The van der Waals surface area contributed by atoms with E-state index in [1.807, 2.05) is 0 Å². The maximum atomic E-state index is 3.70. The molecular formula is C38H34Br2N2. The molecule has 42 heavy (non-hydrogen) atoms. The summed E-state index contributed by atoms with van der Waals surface area (Å²) in [5, 5.41) is 5.37. The summed E-state index contributed by atoms with van der Waals surface area (Å²) >= 11 is 7.40. The average molecular weight is 679 g/mol. The lowest BCUT2D eigenvalue weighted by Crippen LogP contribution is -2.02. The zero-order valence-electron chi connectivity index (χ0n) is 24.1. The van der Waals surface area contributed by atoms with Crippen LogP contribution < -0.4 is 0 Å². The van der Waals surface area contributed by atoms with Gasteiger partial charge in [0.2, 0.25) is 0 Å². The molecule has 4 heteroatoms. The molecule has 0 radical (unpaired) electrons. The number of rotatable bonds is 8. The van der Waals surface area contributed by atoms with E-state index < -0.39 is 0 Å². The highest BCUT2D eigenvalue weighted by atomic mass is 79.9. The lowest BCUT2D eigenvalue weighted by Gasteiger charge is -2.18. The lowest BCUT2D eigenvalue weighted by atomic mass is 9.90. The molecule has 0 saturated heterocycles. The van der Waals surface area contributed by atoms with Gasteiger partial charge in [0.05, 0.1) is 11.0 Å². The topological polar surface area (TPSA) is 9.86 Å². The van der Waals surface area contributed by atoms with Crippen molar-refractivity contribution in [3.8, 4) is 22.3 Å². The highest BCUT2D eigenvalue weighted by Gasteiger charge is 2.27. The first-order valence-corrected chi connectivity index (χ1v) is 16.7. The van der Waals surface area contributed by atoms with Crippen molar-refractivity contribution >= 4 is 75.5 Å². The Kier molecular flexibility index (Phi) is 7.46. The fourth-order valence-electron chi connectivity index (χ4n) is 6.76. The third-order valence-corrected chi connectivity index (χ3v) is 9.71. The third-order valence-electron chi connectivity index (χ3n) is 8.65. The van der Waals surface area contributed by atoms with E-state index in [2.05, 4.69) is 152 Å². The highest BCUT2D eigenvalue weighted by molar-refractivity contribution is 9.10. The Balaban J connectivity index is 1.82. The molecule has 0 bridgehead atoms. The molecule has 2 aromatic heterocycles. The summed E-state index contributed by atoms with van der Waals surface area (Å²) in [7, 11) is 0. The number of unbranched alkanes of at least 4 members (excludes halogenated alkanes) is 2. The summed E-state index contributed by atoms with van der Waals surface area (Å²) in [6, 6.07) is 36.0. The molecule has 210 valence electrons. The van der Waals surface area contributed by atoms with Gasteiger partial charge >= 0.3 is 0 Å². The highest BCUT2D eigenvalue weighted by Crippen LogP contribution is 2.50. The minimum atomic E-state index is 0.990. The van der Waals surface area contributed by atoms with Crippen molar-refractivity contribution in [2.45, 2.75) is 52.6 Å². The Hall–Kier alpha value is -3.34. The van der Waals surface area contributed by atoms with Crippen LogP contribution in [-0.2, 0) is 13.1 Å². The molecule has 0 N–H and O–H groups in total. The molecular weight excluding hydrogens is 644 g/mol. The molecule has 0 atom stereocenters. The van der Waals surface area contributed by atoms with Gasteiger partial charge in [0.25, 0.3) is 0 Å². The van der Waals surface area contributed by atoms with Crippen LogP contribution in [-0.4, -0.2) is 9.13 Å². The monoisotopic (exact) mass is 676 g/mol. The second-order valence-electron chi connectivity index (χ2n) is 11.3. The predicted molar refractivity (Wildman–Crippen MR) is 189 cm³/mol. The Bertz CT molecular complexity index is 1910. The van der Waals surface area contributed by atoms with Crippen molar-refractivity contribution in [2.75, 3.05) is 0 Å². The number of aryl methyl sites for hydroxylation is 2. The number of halogens is 2. The normalized spacial score (nSPS) is 11.9. The van der Waals surface area contributed by atoms with Crippen LogP contribution in [0.4, 0.5) is 0 Å². The van der Waals surface area contributed by atoms with E-state index in [-0.39, 0.29) is 0 Å². The maximum absolute atomic E-state index is 3.70. The molecule has 0 aliphatic rings. The van der Waals surface area contributed by atoms with Gasteiger partial charge in [-0.2, -0.15) is 0 Å². The first kappa shape index (κ1) is 27.5. The molecule has 0 fully saturated rings. The molecule has 0 saturated carbocycles. The van der Waals surface area contributed by atoms with Crippen LogP contribution in [0, 0.1) is 0 Å². The van der Waals surface area contributed by atoms with E-state index in [4.69, 9.17) is 0 Å². The standard InChI is InChI=1S/C38H34Br2N2/c1-3-5-23-41-31-13-9-7-11-29(31)35-34(26-17-21-28(40)22-18-26)38-36(33(37(35)41)25-15-19-27(39)20-16-25)30-12-8-10-14-32(30)42(38)24-6-4-2/h7-22H,3-6,23-24H2,1-2H3. The minimum Gasteiger partial charge on any atom is -0.340 e. The summed E-state index contributed by atoms with van der Waals surface area (Å²) in [5.41, 5.74) is 10.5. The van der Waals surface area contributed by atoms with E-state index in [0.717, 1.165) is 47.7 Å². The van der Waals surface area contributed by atoms with Crippen molar-refractivity contribution < 1.29 is 0 Å². The lowest BCUT2D eigenvalue weighted by molar-refractivity contribution is 0.664. The molecule has 5 aromatic carbocycles. The van der Waals surface area contributed by atoms with Crippen LogP contribution in [0.1, 0.15) is 39.5 Å². The van der Waals surface area contributed by atoms with Gasteiger partial charge in [-0.1, -0.05) is 119 Å². The van der Waals surface area contributed by atoms with Crippen LogP contribution in [0.3, 0.4) is 0 Å². The van der Waals surface area contributed by atoms with Crippen LogP contribution in [0.15, 0.2) is 106 Å². The largest absolute Gasteiger partial charge is 0.340 e. The molecule has 0 spiro atoms. The second kappa shape index (κ2) is 11.4. The van der Waals surface area contributed by atoms with Gasteiger partial charge in [0, 0.05) is 65.7 Å². The molecule has 0 amide bonds. The average Bonchev–Trinajstić information content (AvgIpc) is 3.52. The number of benzene rings is 5. The Morgan fingerprint density at radius 1 is 0.500 bits per heavy atom. The van der Waals surface area contributed by atoms with Gasteiger partial charge < -0.3 is 9.13 Å². The Morgan fingerprint density at radius 3 is 1.26 bits per heavy atom. The Labute approximate surface area is 264 Å². The quantitative estimate of drug-likeness (QED) is 0.151. The molecule has 0 aliphatic heterocycles. The van der Waals surface area contributed by atoms with Crippen molar-refractivity contribution in [1.29, 1.82) is 0 Å². The van der Waals surface area contributed by atoms with Crippen LogP contribution in [0.5, 0.6) is 0 Å². The zero-order valence-corrected chi connectivity index (χ0v) is 27.3. The number of fused-ring (bicyclic) bond motifs is 6. The van der Waals surface area contributed by atoms with E-state index in [9.17, 15) is 0 Å². The van der Waals surface area contributed by atoms with Gasteiger partial charge in [0.15, 0.2) is 0 Å². The Morgan fingerprint density at radius 2 is 0.881 bits per heavy atom. The van der Waals surface area contributed by atoms with E-state index in [1.54, 1.807) is 0 Å². The fraction of sp³-hybridized carbons (Fsp3) is 0.211.